The van der Waals surface area contributed by atoms with Gasteiger partial charge < -0.3 is 24.1 Å². The molecule has 1 saturated heterocycles. The highest BCUT2D eigenvalue weighted by Gasteiger charge is 2.44. The highest BCUT2D eigenvalue weighted by atomic mass is 16.7. The topological polar surface area (TPSA) is 57.2 Å². The number of hydrogen-bond acceptors (Lipinski definition) is 5. The highest BCUT2D eigenvalue weighted by Crippen LogP contribution is 2.43. The average Bonchev–Trinajstić information content (AvgIpc) is 2.77. The standard InChI is InChI=1S/C23H34O5/c1-17-8-13-20(28-21-7-5-6-14-26-21)22(2,3)16-23(17,24)27-15-18-9-11-19(25-4)12-10-18/h8-12,20-21,24H,5-7,13-16H2,1-4H3. The van der Waals surface area contributed by atoms with Gasteiger partial charge >= 0.3 is 0 Å². The van der Waals surface area contributed by atoms with Crippen molar-refractivity contribution >= 4 is 0 Å². The summed E-state index contributed by atoms with van der Waals surface area (Å²) < 4.78 is 23.3. The molecule has 0 spiro atoms. The Morgan fingerprint density at radius 1 is 1.18 bits per heavy atom. The molecule has 0 radical (unpaired) electrons. The van der Waals surface area contributed by atoms with E-state index in [1.807, 2.05) is 31.2 Å². The maximum atomic E-state index is 11.3. The minimum absolute atomic E-state index is 0.0239. The summed E-state index contributed by atoms with van der Waals surface area (Å²) in [6.45, 7) is 7.30. The minimum Gasteiger partial charge on any atom is -0.497 e. The molecule has 2 aliphatic rings. The lowest BCUT2D eigenvalue weighted by molar-refractivity contribution is -0.234. The normalized spacial score (nSPS) is 30.4. The summed E-state index contributed by atoms with van der Waals surface area (Å²) in [6, 6.07) is 7.71. The third kappa shape index (κ3) is 5.15. The first-order chi connectivity index (χ1) is 13.3. The van der Waals surface area contributed by atoms with E-state index in [4.69, 9.17) is 18.9 Å². The third-order valence-electron chi connectivity index (χ3n) is 5.91. The maximum Gasteiger partial charge on any atom is 0.188 e. The molecule has 5 heteroatoms. The van der Waals surface area contributed by atoms with E-state index in [1.54, 1.807) is 7.11 Å². The van der Waals surface area contributed by atoms with Crippen molar-refractivity contribution in [3.05, 3.63) is 41.5 Å². The number of benzene rings is 1. The molecule has 28 heavy (non-hydrogen) atoms. The summed E-state index contributed by atoms with van der Waals surface area (Å²) in [5.74, 6) is -0.506. The zero-order chi connectivity index (χ0) is 20.2. The molecule has 0 saturated carbocycles. The van der Waals surface area contributed by atoms with Crippen LogP contribution in [-0.4, -0.2) is 37.0 Å². The highest BCUT2D eigenvalue weighted by molar-refractivity contribution is 5.27. The van der Waals surface area contributed by atoms with E-state index < -0.39 is 5.79 Å². The minimum atomic E-state index is -1.31. The molecule has 1 aromatic rings. The fourth-order valence-electron chi connectivity index (χ4n) is 3.96. The predicted molar refractivity (Wildman–Crippen MR) is 108 cm³/mol. The van der Waals surface area contributed by atoms with Crippen LogP contribution in [0.5, 0.6) is 5.75 Å². The van der Waals surface area contributed by atoms with Crippen LogP contribution in [-0.2, 0) is 20.8 Å². The van der Waals surface area contributed by atoms with Crippen LogP contribution in [0.3, 0.4) is 0 Å². The molecule has 1 heterocycles. The van der Waals surface area contributed by atoms with E-state index in [2.05, 4.69) is 19.9 Å². The monoisotopic (exact) mass is 390 g/mol. The first-order valence-corrected chi connectivity index (χ1v) is 10.3. The van der Waals surface area contributed by atoms with Gasteiger partial charge in [0.05, 0.1) is 19.8 Å². The molecule has 156 valence electrons. The molecule has 1 aliphatic heterocycles. The molecule has 1 aliphatic carbocycles. The van der Waals surface area contributed by atoms with Crippen molar-refractivity contribution in [2.45, 2.75) is 77.7 Å². The summed E-state index contributed by atoms with van der Waals surface area (Å²) in [6.07, 6.45) is 6.28. The van der Waals surface area contributed by atoms with Gasteiger partial charge in [-0.1, -0.05) is 32.1 Å². The number of hydrogen-bond donors (Lipinski definition) is 1. The molecule has 1 aromatic carbocycles. The molecule has 1 N–H and O–H groups in total. The molecule has 1 fully saturated rings. The van der Waals surface area contributed by atoms with Gasteiger partial charge in [0.25, 0.3) is 0 Å². The lowest BCUT2D eigenvalue weighted by Gasteiger charge is -2.40. The average molecular weight is 391 g/mol. The van der Waals surface area contributed by atoms with Crippen LogP contribution in [0.2, 0.25) is 0 Å². The second-order valence-electron chi connectivity index (χ2n) is 8.63. The maximum absolute atomic E-state index is 11.3. The van der Waals surface area contributed by atoms with Crippen molar-refractivity contribution in [2.75, 3.05) is 13.7 Å². The molecular weight excluding hydrogens is 356 g/mol. The number of aliphatic hydroxyl groups is 1. The molecule has 0 bridgehead atoms. The number of methoxy groups -OCH3 is 1. The van der Waals surface area contributed by atoms with Crippen LogP contribution in [0, 0.1) is 5.41 Å². The lowest BCUT2D eigenvalue weighted by Crippen LogP contribution is -2.43. The van der Waals surface area contributed by atoms with E-state index in [-0.39, 0.29) is 17.8 Å². The number of rotatable bonds is 6. The van der Waals surface area contributed by atoms with Crippen molar-refractivity contribution in [3.8, 4) is 5.75 Å². The fraction of sp³-hybridized carbons (Fsp3) is 0.652. The predicted octanol–water partition coefficient (Wildman–Crippen LogP) is 4.58. The zero-order valence-corrected chi connectivity index (χ0v) is 17.6. The summed E-state index contributed by atoms with van der Waals surface area (Å²) in [5, 5.41) is 11.3. The van der Waals surface area contributed by atoms with Gasteiger partial charge in [-0.15, -0.1) is 0 Å². The second-order valence-corrected chi connectivity index (χ2v) is 8.63. The van der Waals surface area contributed by atoms with Gasteiger partial charge in [0.1, 0.15) is 5.75 Å². The zero-order valence-electron chi connectivity index (χ0n) is 17.6. The van der Waals surface area contributed by atoms with E-state index in [9.17, 15) is 5.11 Å². The summed E-state index contributed by atoms with van der Waals surface area (Å²) in [5.41, 5.74) is 1.57. The van der Waals surface area contributed by atoms with Gasteiger partial charge in [-0.25, -0.2) is 0 Å². The molecule has 3 atom stereocenters. The van der Waals surface area contributed by atoms with Crippen molar-refractivity contribution in [2.24, 2.45) is 5.41 Å². The van der Waals surface area contributed by atoms with Gasteiger partial charge in [0, 0.05) is 13.0 Å². The fourth-order valence-corrected chi connectivity index (χ4v) is 3.96. The van der Waals surface area contributed by atoms with Gasteiger partial charge in [-0.3, -0.25) is 0 Å². The molecule has 0 aromatic heterocycles. The Labute approximate surface area is 168 Å². The van der Waals surface area contributed by atoms with E-state index in [1.165, 1.54) is 0 Å². The molecular formula is C23H34O5. The van der Waals surface area contributed by atoms with E-state index >= 15 is 0 Å². The molecule has 5 nitrogen and oxygen atoms in total. The Morgan fingerprint density at radius 3 is 2.57 bits per heavy atom. The van der Waals surface area contributed by atoms with E-state index in [0.29, 0.717) is 13.0 Å². The van der Waals surface area contributed by atoms with Crippen molar-refractivity contribution < 1.29 is 24.1 Å². The van der Waals surface area contributed by atoms with Crippen LogP contribution in [0.1, 0.15) is 58.4 Å². The summed E-state index contributed by atoms with van der Waals surface area (Å²) >= 11 is 0. The van der Waals surface area contributed by atoms with Crippen molar-refractivity contribution in [1.29, 1.82) is 0 Å². The van der Waals surface area contributed by atoms with Crippen LogP contribution < -0.4 is 4.74 Å². The van der Waals surface area contributed by atoms with Gasteiger partial charge in [0.2, 0.25) is 0 Å². The Hall–Kier alpha value is -1.40. The number of ether oxygens (including phenoxy) is 4. The second kappa shape index (κ2) is 8.95. The first kappa shape index (κ1) is 21.3. The molecule has 0 amide bonds. The van der Waals surface area contributed by atoms with Gasteiger partial charge in [-0.05, 0) is 61.3 Å². The summed E-state index contributed by atoms with van der Waals surface area (Å²) in [4.78, 5) is 0. The Kier molecular flexibility index (Phi) is 6.81. The van der Waals surface area contributed by atoms with Crippen LogP contribution in [0.4, 0.5) is 0 Å². The van der Waals surface area contributed by atoms with Crippen LogP contribution in [0.25, 0.3) is 0 Å². The van der Waals surface area contributed by atoms with Crippen molar-refractivity contribution in [3.63, 3.8) is 0 Å². The van der Waals surface area contributed by atoms with Gasteiger partial charge in [-0.2, -0.15) is 0 Å². The first-order valence-electron chi connectivity index (χ1n) is 10.3. The smallest absolute Gasteiger partial charge is 0.188 e. The SMILES string of the molecule is COc1ccc(COC2(O)CC(C)(C)C(OC3CCCCO3)CC=C2C)cc1. The third-order valence-corrected chi connectivity index (χ3v) is 5.91. The lowest BCUT2D eigenvalue weighted by atomic mass is 9.79. The largest absolute Gasteiger partial charge is 0.497 e. The Bertz CT molecular complexity index is 660. The van der Waals surface area contributed by atoms with Gasteiger partial charge in [0.15, 0.2) is 12.1 Å². The summed E-state index contributed by atoms with van der Waals surface area (Å²) in [7, 11) is 1.65. The van der Waals surface area contributed by atoms with E-state index in [0.717, 1.165) is 49.2 Å². The van der Waals surface area contributed by atoms with Crippen LogP contribution >= 0.6 is 0 Å². The molecule has 3 unspecified atom stereocenters. The van der Waals surface area contributed by atoms with Crippen molar-refractivity contribution in [1.82, 2.24) is 0 Å². The quantitative estimate of drug-likeness (QED) is 0.569. The van der Waals surface area contributed by atoms with Crippen LogP contribution in [0.15, 0.2) is 35.9 Å². The molecule has 3 rings (SSSR count). The Balaban J connectivity index is 1.67. The Morgan fingerprint density at radius 2 is 1.93 bits per heavy atom.